The van der Waals surface area contributed by atoms with E-state index in [0.29, 0.717) is 5.92 Å². The van der Waals surface area contributed by atoms with Crippen LogP contribution in [0.4, 0.5) is 0 Å². The van der Waals surface area contributed by atoms with E-state index in [4.69, 9.17) is 5.73 Å². The van der Waals surface area contributed by atoms with Gasteiger partial charge in [0.2, 0.25) is 0 Å². The van der Waals surface area contributed by atoms with E-state index in [-0.39, 0.29) is 6.04 Å². The molecule has 1 heterocycles. The molecule has 3 unspecified atom stereocenters. The summed E-state index contributed by atoms with van der Waals surface area (Å²) in [4.78, 5) is 0. The third-order valence-corrected chi connectivity index (χ3v) is 4.19. The van der Waals surface area contributed by atoms with Gasteiger partial charge in [0.15, 0.2) is 0 Å². The first-order valence-electron chi connectivity index (χ1n) is 5.85. The summed E-state index contributed by atoms with van der Waals surface area (Å²) in [5.41, 5.74) is 7.28. The average molecular weight is 225 g/mol. The van der Waals surface area contributed by atoms with Gasteiger partial charge >= 0.3 is 0 Å². The first kappa shape index (κ1) is 11.0. The lowest BCUT2D eigenvalue weighted by atomic mass is 9.73. The van der Waals surface area contributed by atoms with Crippen LogP contribution in [-0.4, -0.2) is 9.59 Å². The van der Waals surface area contributed by atoms with E-state index in [1.54, 1.807) is 0 Å². The molecule has 0 amide bonds. The van der Waals surface area contributed by atoms with Crippen LogP contribution in [-0.2, 0) is 0 Å². The second-order valence-electron chi connectivity index (χ2n) is 4.47. The van der Waals surface area contributed by atoms with Crippen LogP contribution in [0.15, 0.2) is 5.38 Å². The third kappa shape index (κ3) is 2.37. The Morgan fingerprint density at radius 2 is 2.33 bits per heavy atom. The van der Waals surface area contributed by atoms with Crippen LogP contribution < -0.4 is 5.73 Å². The summed E-state index contributed by atoms with van der Waals surface area (Å²) in [7, 11) is 0. The molecule has 2 N–H and O–H groups in total. The van der Waals surface area contributed by atoms with Gasteiger partial charge in [0.25, 0.3) is 0 Å². The fourth-order valence-electron chi connectivity index (χ4n) is 2.75. The molecule has 0 aliphatic heterocycles. The van der Waals surface area contributed by atoms with Crippen LogP contribution in [0.1, 0.15) is 50.8 Å². The van der Waals surface area contributed by atoms with Gasteiger partial charge in [-0.15, -0.1) is 5.10 Å². The minimum atomic E-state index is 0.106. The van der Waals surface area contributed by atoms with Gasteiger partial charge in [0, 0.05) is 5.38 Å². The van der Waals surface area contributed by atoms with E-state index in [0.717, 1.165) is 11.6 Å². The van der Waals surface area contributed by atoms with Crippen LogP contribution in [0.3, 0.4) is 0 Å². The Hall–Kier alpha value is -0.480. The Balaban J connectivity index is 2.07. The SMILES string of the molecule is CCC1CCCCC1C(N)c1csnn1. The van der Waals surface area contributed by atoms with Crippen LogP contribution in [0.5, 0.6) is 0 Å². The predicted molar refractivity (Wildman–Crippen MR) is 62.6 cm³/mol. The molecule has 15 heavy (non-hydrogen) atoms. The number of hydrogen-bond acceptors (Lipinski definition) is 4. The van der Waals surface area contributed by atoms with Gasteiger partial charge in [-0.3, -0.25) is 0 Å². The Kier molecular flexibility index (Phi) is 3.70. The maximum Gasteiger partial charge on any atom is 0.0925 e. The number of hydrogen-bond donors (Lipinski definition) is 1. The van der Waals surface area contributed by atoms with E-state index in [2.05, 4.69) is 16.5 Å². The smallest absolute Gasteiger partial charge is 0.0925 e. The lowest BCUT2D eigenvalue weighted by Gasteiger charge is -2.34. The lowest BCUT2D eigenvalue weighted by molar-refractivity contribution is 0.194. The van der Waals surface area contributed by atoms with Crippen LogP contribution in [0.25, 0.3) is 0 Å². The monoisotopic (exact) mass is 225 g/mol. The summed E-state index contributed by atoms with van der Waals surface area (Å²) in [6.45, 7) is 2.27. The molecule has 0 radical (unpaired) electrons. The van der Waals surface area contributed by atoms with Crippen molar-refractivity contribution in [1.82, 2.24) is 9.59 Å². The van der Waals surface area contributed by atoms with Crippen LogP contribution in [0.2, 0.25) is 0 Å². The van der Waals surface area contributed by atoms with Gasteiger partial charge in [-0.2, -0.15) is 0 Å². The molecule has 1 aliphatic carbocycles. The van der Waals surface area contributed by atoms with Crippen molar-refractivity contribution in [1.29, 1.82) is 0 Å². The molecule has 0 saturated heterocycles. The molecule has 0 aromatic carbocycles. The van der Waals surface area contributed by atoms with E-state index in [9.17, 15) is 0 Å². The van der Waals surface area contributed by atoms with Crippen molar-refractivity contribution >= 4 is 11.5 Å². The number of aromatic nitrogens is 2. The molecule has 4 heteroatoms. The average Bonchev–Trinajstić information content (AvgIpc) is 2.81. The molecule has 1 aromatic heterocycles. The van der Waals surface area contributed by atoms with E-state index in [1.807, 2.05) is 5.38 Å². The number of nitrogens with zero attached hydrogens (tertiary/aromatic N) is 2. The molecular weight excluding hydrogens is 206 g/mol. The van der Waals surface area contributed by atoms with E-state index >= 15 is 0 Å². The highest BCUT2D eigenvalue weighted by molar-refractivity contribution is 7.03. The molecule has 1 aliphatic rings. The fraction of sp³-hybridized carbons (Fsp3) is 0.818. The summed E-state index contributed by atoms with van der Waals surface area (Å²) >= 11 is 1.40. The maximum absolute atomic E-state index is 6.28. The van der Waals surface area contributed by atoms with Crippen molar-refractivity contribution in [3.05, 3.63) is 11.1 Å². The van der Waals surface area contributed by atoms with Gasteiger partial charge in [0.05, 0.1) is 11.7 Å². The van der Waals surface area contributed by atoms with E-state index in [1.165, 1.54) is 43.6 Å². The summed E-state index contributed by atoms with van der Waals surface area (Å²) in [5, 5.41) is 6.10. The molecule has 0 bridgehead atoms. The zero-order chi connectivity index (χ0) is 10.7. The topological polar surface area (TPSA) is 51.8 Å². The summed E-state index contributed by atoms with van der Waals surface area (Å²) in [6, 6.07) is 0.106. The number of nitrogens with two attached hydrogens (primary N) is 1. The van der Waals surface area contributed by atoms with Crippen molar-refractivity contribution in [2.45, 2.75) is 45.1 Å². The fourth-order valence-corrected chi connectivity index (χ4v) is 3.25. The Morgan fingerprint density at radius 3 is 3.00 bits per heavy atom. The lowest BCUT2D eigenvalue weighted by Crippen LogP contribution is -2.30. The molecular formula is C11H19N3S. The highest BCUT2D eigenvalue weighted by atomic mass is 32.1. The highest BCUT2D eigenvalue weighted by Gasteiger charge is 2.30. The van der Waals surface area contributed by atoms with Gasteiger partial charge in [-0.05, 0) is 29.8 Å². The van der Waals surface area contributed by atoms with Crippen molar-refractivity contribution < 1.29 is 0 Å². The van der Waals surface area contributed by atoms with Crippen molar-refractivity contribution in [3.63, 3.8) is 0 Å². The van der Waals surface area contributed by atoms with Crippen molar-refractivity contribution in [2.24, 2.45) is 17.6 Å². The first-order valence-corrected chi connectivity index (χ1v) is 6.69. The quantitative estimate of drug-likeness (QED) is 0.860. The summed E-state index contributed by atoms with van der Waals surface area (Å²) in [5.74, 6) is 1.41. The molecule has 0 spiro atoms. The molecule has 1 saturated carbocycles. The van der Waals surface area contributed by atoms with Gasteiger partial charge < -0.3 is 5.73 Å². The minimum Gasteiger partial charge on any atom is -0.322 e. The second-order valence-corrected chi connectivity index (χ2v) is 5.08. The number of rotatable bonds is 3. The molecule has 3 nitrogen and oxygen atoms in total. The van der Waals surface area contributed by atoms with Crippen LogP contribution >= 0.6 is 11.5 Å². The standard InChI is InChI=1S/C11H19N3S/c1-2-8-5-3-4-6-9(8)11(12)10-7-15-14-13-10/h7-9,11H,2-6,12H2,1H3. The second kappa shape index (κ2) is 5.03. The van der Waals surface area contributed by atoms with Crippen molar-refractivity contribution in [2.75, 3.05) is 0 Å². The Labute approximate surface area is 95.2 Å². The minimum absolute atomic E-state index is 0.106. The highest BCUT2D eigenvalue weighted by Crippen LogP contribution is 2.38. The predicted octanol–water partition coefficient (Wildman–Crippen LogP) is 2.75. The Morgan fingerprint density at radius 1 is 1.53 bits per heavy atom. The molecule has 1 aromatic rings. The van der Waals surface area contributed by atoms with Crippen LogP contribution in [0, 0.1) is 11.8 Å². The molecule has 2 rings (SSSR count). The maximum atomic E-state index is 6.28. The third-order valence-electron chi connectivity index (χ3n) is 3.67. The first-order chi connectivity index (χ1) is 7.33. The molecule has 84 valence electrons. The van der Waals surface area contributed by atoms with Gasteiger partial charge in [-0.25, -0.2) is 0 Å². The largest absolute Gasteiger partial charge is 0.322 e. The van der Waals surface area contributed by atoms with E-state index < -0.39 is 0 Å². The summed E-state index contributed by atoms with van der Waals surface area (Å²) in [6.07, 6.45) is 6.54. The normalized spacial score (nSPS) is 28.9. The molecule has 3 atom stereocenters. The molecule has 1 fully saturated rings. The van der Waals surface area contributed by atoms with Gasteiger partial charge in [-0.1, -0.05) is 37.1 Å². The zero-order valence-corrected chi connectivity index (χ0v) is 10.0. The van der Waals surface area contributed by atoms with Gasteiger partial charge in [0.1, 0.15) is 0 Å². The zero-order valence-electron chi connectivity index (χ0n) is 9.22. The summed E-state index contributed by atoms with van der Waals surface area (Å²) < 4.78 is 3.90. The van der Waals surface area contributed by atoms with Crippen molar-refractivity contribution in [3.8, 4) is 0 Å². The Bertz CT molecular complexity index is 286.